The molecule has 0 bridgehead atoms. The number of carboxylic acid groups (broad SMARTS) is 1. The molecule has 1 aromatic rings. The van der Waals surface area contributed by atoms with Crippen LogP contribution >= 0.6 is 47.0 Å². The summed E-state index contributed by atoms with van der Waals surface area (Å²) in [5.41, 5.74) is -0.840. The quantitative estimate of drug-likeness (QED) is 0.0269. The van der Waals surface area contributed by atoms with Gasteiger partial charge in [0, 0.05) is 82.6 Å². The molecule has 0 aliphatic heterocycles. The highest BCUT2D eigenvalue weighted by atomic mass is 32.2. The number of ether oxygens (including phenoxy) is 10. The number of carboxylic acids is 1. The van der Waals surface area contributed by atoms with Gasteiger partial charge >= 0.3 is 17.9 Å². The Bertz CT molecular complexity index is 2020. The molecule has 23 heteroatoms. The number of carbonyl (C=O) groups excluding carboxylic acids is 4. The molecule has 512 valence electrons. The van der Waals surface area contributed by atoms with E-state index in [1.165, 1.54) is 30.0 Å². The van der Waals surface area contributed by atoms with E-state index in [9.17, 15) is 39.3 Å². The van der Waals surface area contributed by atoms with Gasteiger partial charge in [0.05, 0.1) is 103 Å². The summed E-state index contributed by atoms with van der Waals surface area (Å²) in [7, 11) is 0. The predicted octanol–water partition coefficient (Wildman–Crippen LogP) is 11.5. The average Bonchev–Trinajstić information content (AvgIpc) is 3.50. The van der Waals surface area contributed by atoms with Crippen LogP contribution in [0.15, 0.2) is 18.2 Å². The maximum atomic E-state index is 13.0. The number of hydrogen-bond donors (Lipinski definition) is 4. The Balaban J connectivity index is 2.79. The van der Waals surface area contributed by atoms with Gasteiger partial charge in [-0.3, -0.25) is 19.2 Å². The molecule has 0 aliphatic rings. The fourth-order valence-electron chi connectivity index (χ4n) is 7.81. The van der Waals surface area contributed by atoms with Crippen LogP contribution in [-0.4, -0.2) is 206 Å². The van der Waals surface area contributed by atoms with Crippen molar-refractivity contribution in [3.8, 4) is 11.5 Å². The second-order valence-corrected chi connectivity index (χ2v) is 34.7. The molecule has 1 unspecified atom stereocenters. The van der Waals surface area contributed by atoms with Crippen LogP contribution in [0.3, 0.4) is 0 Å². The maximum Gasteiger partial charge on any atom is 0.326 e. The molecule has 0 saturated heterocycles. The molecule has 0 heterocycles. The van der Waals surface area contributed by atoms with Gasteiger partial charge in [0.1, 0.15) is 19.3 Å². The minimum absolute atomic E-state index is 0.00122. The first-order valence-corrected chi connectivity index (χ1v) is 35.0. The first-order chi connectivity index (χ1) is 41.0. The van der Waals surface area contributed by atoms with Crippen LogP contribution in [0.1, 0.15) is 161 Å². The normalized spacial score (nSPS) is 13.2. The summed E-state index contributed by atoms with van der Waals surface area (Å²) in [6.07, 6.45) is 2.02. The topological polar surface area (TPSA) is 250 Å². The van der Waals surface area contributed by atoms with E-state index in [0.717, 1.165) is 30.1 Å². The van der Waals surface area contributed by atoms with E-state index in [1.807, 2.05) is 35.3 Å². The molecular formula is C65H115NO18S4. The molecule has 1 atom stereocenters. The highest BCUT2D eigenvalue weighted by Crippen LogP contribution is 2.30. The summed E-state index contributed by atoms with van der Waals surface area (Å²) in [5.74, 6) is -0.529. The maximum absolute atomic E-state index is 13.0. The third-order valence-electron chi connectivity index (χ3n) is 12.7. The van der Waals surface area contributed by atoms with Crippen molar-refractivity contribution in [2.45, 2.75) is 182 Å². The zero-order valence-electron chi connectivity index (χ0n) is 56.3. The van der Waals surface area contributed by atoms with Crippen LogP contribution in [0.2, 0.25) is 0 Å². The van der Waals surface area contributed by atoms with Crippen LogP contribution in [0, 0.1) is 21.7 Å². The smallest absolute Gasteiger partial charge is 0.326 e. The van der Waals surface area contributed by atoms with Crippen molar-refractivity contribution in [3.63, 3.8) is 0 Å². The SMILES string of the molecule is CC(C)(C)CCOCC(COCCOC(=O)CCCC(=O)NC(Cc1ccc(O)c(O)c1)C(=O)O)(COCCOC(=O)CCCC(=O)SCCOCC(COCCSC(C)(C)C)(COCCSC(C)(C)C)COCCSC(C)(C)C)COCCC(C)(C)C. The number of nitrogens with one attached hydrogen (secondary N) is 1. The largest absolute Gasteiger partial charge is 0.504 e. The molecule has 0 radical (unpaired) electrons. The van der Waals surface area contributed by atoms with Gasteiger partial charge in [-0.1, -0.05) is 122 Å². The summed E-state index contributed by atoms with van der Waals surface area (Å²) in [4.78, 5) is 62.9. The van der Waals surface area contributed by atoms with Crippen molar-refractivity contribution in [3.05, 3.63) is 23.8 Å². The number of hydrogen-bond acceptors (Lipinski definition) is 21. The van der Waals surface area contributed by atoms with Crippen molar-refractivity contribution >= 4 is 76.0 Å². The minimum atomic E-state index is -1.29. The van der Waals surface area contributed by atoms with Gasteiger partial charge in [0.15, 0.2) is 16.6 Å². The Morgan fingerprint density at radius 2 is 0.818 bits per heavy atom. The van der Waals surface area contributed by atoms with Crippen LogP contribution in [0.5, 0.6) is 11.5 Å². The lowest BCUT2D eigenvalue weighted by Gasteiger charge is -2.34. The third kappa shape index (κ3) is 47.4. The van der Waals surface area contributed by atoms with E-state index in [-0.39, 0.29) is 127 Å². The van der Waals surface area contributed by atoms with Crippen molar-refractivity contribution in [1.29, 1.82) is 0 Å². The van der Waals surface area contributed by atoms with Gasteiger partial charge in [-0.05, 0) is 54.2 Å². The van der Waals surface area contributed by atoms with Gasteiger partial charge in [0.25, 0.3) is 0 Å². The first kappa shape index (κ1) is 83.5. The highest BCUT2D eigenvalue weighted by molar-refractivity contribution is 8.13. The lowest BCUT2D eigenvalue weighted by molar-refractivity contribution is -0.149. The van der Waals surface area contributed by atoms with E-state index in [0.29, 0.717) is 83.8 Å². The molecule has 0 fully saturated rings. The molecule has 88 heavy (non-hydrogen) atoms. The van der Waals surface area contributed by atoms with Crippen LogP contribution in [-0.2, 0) is 77.8 Å². The number of phenols is 2. The van der Waals surface area contributed by atoms with Crippen LogP contribution in [0.4, 0.5) is 0 Å². The number of esters is 2. The lowest BCUT2D eigenvalue weighted by atomic mass is 9.91. The van der Waals surface area contributed by atoms with Crippen molar-refractivity contribution in [2.24, 2.45) is 21.7 Å². The van der Waals surface area contributed by atoms with Crippen molar-refractivity contribution in [1.82, 2.24) is 5.32 Å². The molecule has 4 N–H and O–H groups in total. The van der Waals surface area contributed by atoms with Gasteiger partial charge in [-0.2, -0.15) is 35.3 Å². The van der Waals surface area contributed by atoms with Crippen molar-refractivity contribution < 1.29 is 86.7 Å². The Labute approximate surface area is 545 Å². The van der Waals surface area contributed by atoms with E-state index >= 15 is 0 Å². The Morgan fingerprint density at radius 3 is 1.18 bits per heavy atom. The number of rotatable bonds is 50. The molecular weight excluding hydrogens is 1210 g/mol. The van der Waals surface area contributed by atoms with E-state index in [2.05, 4.69) is 109 Å². The van der Waals surface area contributed by atoms with Gasteiger partial charge < -0.3 is 68.0 Å². The number of phenolic OH excluding ortho intramolecular Hbond substituents is 2. The van der Waals surface area contributed by atoms with Gasteiger partial charge in [-0.15, -0.1) is 0 Å². The molecule has 0 aromatic heterocycles. The second kappa shape index (κ2) is 44.1. The molecule has 0 aliphatic carbocycles. The monoisotopic (exact) mass is 1330 g/mol. The summed E-state index contributed by atoms with van der Waals surface area (Å²) in [6, 6.07) is 2.61. The summed E-state index contributed by atoms with van der Waals surface area (Å²) in [6.45, 7) is 38.2. The van der Waals surface area contributed by atoms with E-state index < -0.39 is 46.4 Å². The fourth-order valence-corrected chi connectivity index (χ4v) is 11.0. The number of carbonyl (C=O) groups is 5. The number of aliphatic carboxylic acids is 1. The Kier molecular flexibility index (Phi) is 41.8. The standard InChI is InChI=1S/C65H115NO18S4/c1-59(2,3)24-26-75-42-64(43-76-27-25-60(4,5)6,44-77-28-30-83-55(70)19-16-18-54(69)66-51(58(73)74)40-50-22-23-52(67)53(68)41-50)45-78-29-31-84-56(71)20-17-21-57(72)85-36-32-79-46-65(47-80-33-37-86-61(7,8)9,48-81-34-38-87-62(10,11)12)49-82-35-39-88-63(13,14)15/h22-23,41,51,67-68H,16-21,24-40,42-49H2,1-15H3,(H,66,69)(H,73,74). The molecule has 1 rings (SSSR count). The minimum Gasteiger partial charge on any atom is -0.504 e. The van der Waals surface area contributed by atoms with E-state index in [4.69, 9.17) is 47.4 Å². The second-order valence-electron chi connectivity index (χ2n) is 27.8. The van der Waals surface area contributed by atoms with Gasteiger partial charge in [-0.25, -0.2) is 4.79 Å². The number of benzene rings is 1. The molecule has 19 nitrogen and oxygen atoms in total. The summed E-state index contributed by atoms with van der Waals surface area (Å²) < 4.78 is 61.3. The summed E-state index contributed by atoms with van der Waals surface area (Å²) >= 11 is 6.77. The lowest BCUT2D eigenvalue weighted by Crippen LogP contribution is -2.42. The Hall–Kier alpha value is -2.55. The molecule has 1 amide bonds. The van der Waals surface area contributed by atoms with Crippen LogP contribution < -0.4 is 5.32 Å². The number of aromatic hydroxyl groups is 2. The molecule has 1 aromatic carbocycles. The fraction of sp³-hybridized carbons (Fsp3) is 0.831. The predicted molar refractivity (Wildman–Crippen MR) is 356 cm³/mol. The van der Waals surface area contributed by atoms with E-state index in [1.54, 1.807) is 0 Å². The van der Waals surface area contributed by atoms with Gasteiger partial charge in [0.2, 0.25) is 5.91 Å². The number of amides is 1. The first-order valence-electron chi connectivity index (χ1n) is 31.0. The van der Waals surface area contributed by atoms with Crippen LogP contribution in [0.25, 0.3) is 0 Å². The molecule has 0 spiro atoms. The van der Waals surface area contributed by atoms with Crippen molar-refractivity contribution in [2.75, 3.05) is 142 Å². The third-order valence-corrected chi connectivity index (χ3v) is 17.3. The Morgan fingerprint density at radius 1 is 0.455 bits per heavy atom. The highest BCUT2D eigenvalue weighted by Gasteiger charge is 2.35. The zero-order chi connectivity index (χ0) is 66.3. The summed E-state index contributed by atoms with van der Waals surface area (Å²) in [5, 5.41) is 31.4. The molecule has 0 saturated carbocycles. The zero-order valence-corrected chi connectivity index (χ0v) is 59.6. The number of thioether (sulfide) groups is 4. The average molecular weight is 1330 g/mol.